The summed E-state index contributed by atoms with van der Waals surface area (Å²) in [6.45, 7) is 14.4. The van der Waals surface area contributed by atoms with Crippen LogP contribution in [-0.2, 0) is 0 Å². The van der Waals surface area contributed by atoms with Gasteiger partial charge in [-0.25, -0.2) is 0 Å². The molecule has 1 N–H and O–H groups in total. The highest BCUT2D eigenvalue weighted by Crippen LogP contribution is 2.26. The van der Waals surface area contributed by atoms with Crippen LogP contribution in [0.25, 0.3) is 6.08 Å². The number of hydrogen-bond donors (Lipinski definition) is 1. The van der Waals surface area contributed by atoms with Crippen molar-refractivity contribution in [2.75, 3.05) is 5.32 Å². The Morgan fingerprint density at radius 1 is 1.41 bits per heavy atom. The maximum atomic E-state index is 6.02. The minimum Gasteiger partial charge on any atom is -0.359 e. The molecule has 1 aromatic carbocycles. The molecule has 0 aliphatic carbocycles. The van der Waals surface area contributed by atoms with Gasteiger partial charge in [-0.3, -0.25) is 0 Å². The van der Waals surface area contributed by atoms with E-state index < -0.39 is 0 Å². The van der Waals surface area contributed by atoms with E-state index in [1.54, 1.807) is 6.08 Å². The summed E-state index contributed by atoms with van der Waals surface area (Å²) in [5, 5.41) is 4.01. The second-order valence-electron chi connectivity index (χ2n) is 5.41. The van der Waals surface area contributed by atoms with Crippen LogP contribution in [0.1, 0.15) is 32.8 Å². The summed E-state index contributed by atoms with van der Waals surface area (Å²) in [7, 11) is 0. The standard InChI is InChI=1S/C15H20ClN/c1-6-12-9-13(7-8-14(12)16)17-11(2)10-15(3,4)5/h6-9,17H,1-2,10H2,3-5H3. The average Bonchev–Trinajstić information content (AvgIpc) is 2.18. The van der Waals surface area contributed by atoms with Crippen molar-refractivity contribution in [1.82, 2.24) is 0 Å². The zero-order chi connectivity index (χ0) is 13.1. The van der Waals surface area contributed by atoms with Gasteiger partial charge in [-0.1, -0.05) is 51.6 Å². The van der Waals surface area contributed by atoms with Gasteiger partial charge in [0.05, 0.1) is 0 Å². The van der Waals surface area contributed by atoms with E-state index in [-0.39, 0.29) is 5.41 Å². The van der Waals surface area contributed by atoms with Gasteiger partial charge in [0, 0.05) is 16.4 Å². The lowest BCUT2D eigenvalue weighted by molar-refractivity contribution is 0.411. The average molecular weight is 250 g/mol. The van der Waals surface area contributed by atoms with Gasteiger partial charge in [0.2, 0.25) is 0 Å². The molecule has 0 saturated heterocycles. The SMILES string of the molecule is C=Cc1cc(NC(=C)CC(C)(C)C)ccc1Cl. The van der Waals surface area contributed by atoms with Crippen LogP contribution in [0.3, 0.4) is 0 Å². The Morgan fingerprint density at radius 2 is 2.06 bits per heavy atom. The molecule has 0 amide bonds. The highest BCUT2D eigenvalue weighted by Gasteiger charge is 2.12. The summed E-state index contributed by atoms with van der Waals surface area (Å²) in [6.07, 6.45) is 2.68. The minimum atomic E-state index is 0.234. The summed E-state index contributed by atoms with van der Waals surface area (Å²) in [5.41, 5.74) is 3.17. The van der Waals surface area contributed by atoms with Gasteiger partial charge in [0.1, 0.15) is 0 Å². The Morgan fingerprint density at radius 3 is 2.59 bits per heavy atom. The van der Waals surface area contributed by atoms with Gasteiger partial charge in [0.25, 0.3) is 0 Å². The molecule has 0 aliphatic heterocycles. The van der Waals surface area contributed by atoms with E-state index in [0.29, 0.717) is 5.02 Å². The summed E-state index contributed by atoms with van der Waals surface area (Å²) >= 11 is 6.02. The van der Waals surface area contributed by atoms with Crippen LogP contribution in [0.15, 0.2) is 37.1 Å². The molecule has 0 fully saturated rings. The lowest BCUT2D eigenvalue weighted by Crippen LogP contribution is -2.10. The van der Waals surface area contributed by atoms with E-state index in [1.165, 1.54) is 0 Å². The molecule has 0 atom stereocenters. The van der Waals surface area contributed by atoms with Gasteiger partial charge >= 0.3 is 0 Å². The predicted molar refractivity (Wildman–Crippen MR) is 78.4 cm³/mol. The molecule has 0 unspecified atom stereocenters. The van der Waals surface area contributed by atoms with E-state index in [4.69, 9.17) is 11.6 Å². The van der Waals surface area contributed by atoms with E-state index in [0.717, 1.165) is 23.4 Å². The number of halogens is 1. The molecule has 0 saturated carbocycles. The Hall–Kier alpha value is -1.21. The van der Waals surface area contributed by atoms with Crippen LogP contribution in [0.5, 0.6) is 0 Å². The maximum Gasteiger partial charge on any atom is 0.0479 e. The number of allylic oxidation sites excluding steroid dienone is 1. The molecule has 92 valence electrons. The number of hydrogen-bond acceptors (Lipinski definition) is 1. The van der Waals surface area contributed by atoms with Crippen molar-refractivity contribution in [3.63, 3.8) is 0 Å². The fourth-order valence-corrected chi connectivity index (χ4v) is 1.86. The van der Waals surface area contributed by atoms with Crippen molar-refractivity contribution in [2.45, 2.75) is 27.2 Å². The topological polar surface area (TPSA) is 12.0 Å². The third-order valence-corrected chi connectivity index (χ3v) is 2.62. The molecule has 0 spiro atoms. The summed E-state index contributed by atoms with van der Waals surface area (Å²) in [5.74, 6) is 0. The first-order valence-corrected chi connectivity index (χ1v) is 6.06. The molecule has 0 bridgehead atoms. The van der Waals surface area contributed by atoms with Gasteiger partial charge in [-0.05, 0) is 35.6 Å². The normalized spacial score (nSPS) is 11.1. The smallest absolute Gasteiger partial charge is 0.0479 e. The van der Waals surface area contributed by atoms with E-state index >= 15 is 0 Å². The van der Waals surface area contributed by atoms with Crippen LogP contribution in [0, 0.1) is 5.41 Å². The van der Waals surface area contributed by atoms with Gasteiger partial charge in [0.15, 0.2) is 0 Å². The lowest BCUT2D eigenvalue weighted by atomic mass is 9.91. The van der Waals surface area contributed by atoms with Crippen molar-refractivity contribution < 1.29 is 0 Å². The molecular formula is C15H20ClN. The number of benzene rings is 1. The van der Waals surface area contributed by atoms with Crippen molar-refractivity contribution in [2.24, 2.45) is 5.41 Å². The van der Waals surface area contributed by atoms with Crippen LogP contribution in [0.4, 0.5) is 5.69 Å². The third-order valence-electron chi connectivity index (χ3n) is 2.28. The van der Waals surface area contributed by atoms with E-state index in [2.05, 4.69) is 39.2 Å². The lowest BCUT2D eigenvalue weighted by Gasteiger charge is -2.20. The summed E-state index contributed by atoms with van der Waals surface area (Å²) in [6, 6.07) is 5.79. The maximum absolute atomic E-state index is 6.02. The molecular weight excluding hydrogens is 230 g/mol. The first-order chi connectivity index (χ1) is 7.81. The molecule has 1 nitrogen and oxygen atoms in total. The minimum absolute atomic E-state index is 0.234. The first-order valence-electron chi connectivity index (χ1n) is 5.68. The van der Waals surface area contributed by atoms with Crippen molar-refractivity contribution in [3.8, 4) is 0 Å². The van der Waals surface area contributed by atoms with Crippen LogP contribution in [0.2, 0.25) is 5.02 Å². The van der Waals surface area contributed by atoms with Gasteiger partial charge in [-0.2, -0.15) is 0 Å². The first kappa shape index (κ1) is 13.9. The van der Waals surface area contributed by atoms with Crippen molar-refractivity contribution in [3.05, 3.63) is 47.6 Å². The van der Waals surface area contributed by atoms with Crippen molar-refractivity contribution >= 4 is 23.4 Å². The number of anilines is 1. The Bertz CT molecular complexity index is 427. The molecule has 0 radical (unpaired) electrons. The quantitative estimate of drug-likeness (QED) is 0.759. The Kier molecular flexibility index (Phi) is 4.41. The van der Waals surface area contributed by atoms with Gasteiger partial charge < -0.3 is 5.32 Å². The molecule has 17 heavy (non-hydrogen) atoms. The number of nitrogens with one attached hydrogen (secondary N) is 1. The fourth-order valence-electron chi connectivity index (χ4n) is 1.67. The highest BCUT2D eigenvalue weighted by atomic mass is 35.5. The van der Waals surface area contributed by atoms with E-state index in [1.807, 2.05) is 18.2 Å². The molecule has 0 aromatic heterocycles. The Balaban J connectivity index is 2.75. The molecule has 1 aromatic rings. The second kappa shape index (κ2) is 5.42. The summed E-state index contributed by atoms with van der Waals surface area (Å²) in [4.78, 5) is 0. The Labute approximate surface area is 109 Å². The largest absolute Gasteiger partial charge is 0.359 e. The zero-order valence-corrected chi connectivity index (χ0v) is 11.6. The molecule has 1 rings (SSSR count). The van der Waals surface area contributed by atoms with Gasteiger partial charge in [-0.15, -0.1) is 0 Å². The van der Waals surface area contributed by atoms with Crippen LogP contribution in [-0.4, -0.2) is 0 Å². The van der Waals surface area contributed by atoms with E-state index in [9.17, 15) is 0 Å². The fraction of sp³-hybridized carbons (Fsp3) is 0.333. The van der Waals surface area contributed by atoms with Crippen LogP contribution < -0.4 is 5.32 Å². The highest BCUT2D eigenvalue weighted by molar-refractivity contribution is 6.32. The third kappa shape index (κ3) is 4.66. The second-order valence-corrected chi connectivity index (χ2v) is 5.81. The number of rotatable bonds is 4. The molecule has 2 heteroatoms. The molecule has 0 heterocycles. The van der Waals surface area contributed by atoms with Crippen molar-refractivity contribution in [1.29, 1.82) is 0 Å². The summed E-state index contributed by atoms with van der Waals surface area (Å²) < 4.78 is 0. The zero-order valence-electron chi connectivity index (χ0n) is 10.8. The molecule has 0 aliphatic rings. The predicted octanol–water partition coefficient (Wildman–Crippen LogP) is 5.34. The van der Waals surface area contributed by atoms with Crippen LogP contribution >= 0.6 is 11.6 Å². The monoisotopic (exact) mass is 249 g/mol.